The van der Waals surface area contributed by atoms with Gasteiger partial charge >= 0.3 is 0 Å². The van der Waals surface area contributed by atoms with E-state index in [0.717, 1.165) is 5.01 Å². The molecule has 0 atom stereocenters. The highest BCUT2D eigenvalue weighted by molar-refractivity contribution is 7.89. The first kappa shape index (κ1) is 15.2. The Morgan fingerprint density at radius 1 is 1.45 bits per heavy atom. The molecule has 0 unspecified atom stereocenters. The predicted octanol–water partition coefficient (Wildman–Crippen LogP) is 2.33. The second-order valence-corrected chi connectivity index (χ2v) is 7.02. The number of rotatable bonds is 6. The van der Waals surface area contributed by atoms with Gasteiger partial charge in [-0.3, -0.25) is 0 Å². The van der Waals surface area contributed by atoms with Crippen molar-refractivity contribution in [1.82, 2.24) is 9.71 Å². The summed E-state index contributed by atoms with van der Waals surface area (Å²) < 4.78 is 32.0. The molecule has 0 saturated heterocycles. The molecule has 5 nitrogen and oxygen atoms in total. The van der Waals surface area contributed by atoms with Crippen LogP contribution >= 0.6 is 22.9 Å². The lowest BCUT2D eigenvalue weighted by atomic mass is 10.3. The lowest BCUT2D eigenvalue weighted by Crippen LogP contribution is -2.26. The number of benzene rings is 1. The second kappa shape index (κ2) is 6.53. The van der Waals surface area contributed by atoms with Gasteiger partial charge < -0.3 is 4.74 Å². The minimum atomic E-state index is -3.66. The molecular formula is C12H13ClN2O3S2. The summed E-state index contributed by atoms with van der Waals surface area (Å²) in [7, 11) is -2.25. The number of methoxy groups -OCH3 is 1. The minimum absolute atomic E-state index is 0.0339. The van der Waals surface area contributed by atoms with Crippen LogP contribution in [-0.4, -0.2) is 27.1 Å². The monoisotopic (exact) mass is 332 g/mol. The van der Waals surface area contributed by atoms with Crippen LogP contribution in [0.25, 0.3) is 0 Å². The van der Waals surface area contributed by atoms with E-state index < -0.39 is 10.0 Å². The van der Waals surface area contributed by atoms with E-state index in [4.69, 9.17) is 16.3 Å². The Hall–Kier alpha value is -1.15. The first-order chi connectivity index (χ1) is 9.53. The molecule has 20 heavy (non-hydrogen) atoms. The Balaban J connectivity index is 2.11. The van der Waals surface area contributed by atoms with Crippen molar-refractivity contribution >= 4 is 33.0 Å². The van der Waals surface area contributed by atoms with Crippen molar-refractivity contribution in [1.29, 1.82) is 0 Å². The lowest BCUT2D eigenvalue weighted by Gasteiger charge is -2.10. The fraction of sp³-hybridized carbons (Fsp3) is 0.250. The summed E-state index contributed by atoms with van der Waals surface area (Å²) in [5.41, 5.74) is 0. The summed E-state index contributed by atoms with van der Waals surface area (Å²) in [6, 6.07) is 4.47. The fourth-order valence-electron chi connectivity index (χ4n) is 1.61. The predicted molar refractivity (Wildman–Crippen MR) is 79.0 cm³/mol. The minimum Gasteiger partial charge on any atom is -0.495 e. The van der Waals surface area contributed by atoms with Gasteiger partial charge in [0, 0.05) is 29.6 Å². The molecule has 1 N–H and O–H groups in total. The van der Waals surface area contributed by atoms with Crippen LogP contribution < -0.4 is 9.46 Å². The first-order valence-electron chi connectivity index (χ1n) is 5.74. The van der Waals surface area contributed by atoms with Gasteiger partial charge in [-0.25, -0.2) is 18.1 Å². The van der Waals surface area contributed by atoms with Crippen LogP contribution in [0, 0.1) is 0 Å². The summed E-state index contributed by atoms with van der Waals surface area (Å²) >= 11 is 7.33. The maximum absolute atomic E-state index is 12.2. The number of hydrogen-bond donors (Lipinski definition) is 1. The SMILES string of the molecule is COc1ccc(Cl)cc1S(=O)(=O)NCCc1nccs1. The summed E-state index contributed by atoms with van der Waals surface area (Å²) in [5.74, 6) is 0.260. The first-order valence-corrected chi connectivity index (χ1v) is 8.48. The molecule has 1 aromatic carbocycles. The standard InChI is InChI=1S/C12H13ClN2O3S2/c1-18-10-3-2-9(13)8-11(10)20(16,17)15-5-4-12-14-6-7-19-12/h2-3,6-8,15H,4-5H2,1H3. The molecule has 0 spiro atoms. The van der Waals surface area contributed by atoms with Crippen molar-refractivity contribution in [3.63, 3.8) is 0 Å². The van der Waals surface area contributed by atoms with Crippen molar-refractivity contribution in [3.8, 4) is 5.75 Å². The second-order valence-electron chi connectivity index (χ2n) is 3.87. The Labute approximate surface area is 126 Å². The zero-order valence-electron chi connectivity index (χ0n) is 10.7. The van der Waals surface area contributed by atoms with Crippen molar-refractivity contribution in [3.05, 3.63) is 39.8 Å². The van der Waals surface area contributed by atoms with Gasteiger partial charge in [-0.15, -0.1) is 11.3 Å². The summed E-state index contributed by atoms with van der Waals surface area (Å²) in [6.07, 6.45) is 2.23. The average molecular weight is 333 g/mol. The zero-order valence-corrected chi connectivity index (χ0v) is 13.1. The topological polar surface area (TPSA) is 68.3 Å². The normalized spacial score (nSPS) is 11.5. The third-order valence-corrected chi connectivity index (χ3v) is 5.09. The molecule has 0 bridgehead atoms. The van der Waals surface area contributed by atoms with E-state index >= 15 is 0 Å². The highest BCUT2D eigenvalue weighted by Gasteiger charge is 2.19. The van der Waals surface area contributed by atoms with Crippen molar-refractivity contribution in [2.75, 3.05) is 13.7 Å². The van der Waals surface area contributed by atoms with E-state index in [1.165, 1.54) is 30.6 Å². The van der Waals surface area contributed by atoms with Crippen LogP contribution in [0.15, 0.2) is 34.7 Å². The number of nitrogens with zero attached hydrogens (tertiary/aromatic N) is 1. The van der Waals surface area contributed by atoms with Crippen LogP contribution in [0.5, 0.6) is 5.75 Å². The molecule has 0 aliphatic rings. The lowest BCUT2D eigenvalue weighted by molar-refractivity contribution is 0.402. The number of nitrogens with one attached hydrogen (secondary N) is 1. The van der Waals surface area contributed by atoms with Crippen LogP contribution in [0.1, 0.15) is 5.01 Å². The third kappa shape index (κ3) is 3.69. The van der Waals surface area contributed by atoms with Gasteiger partial charge in [-0.1, -0.05) is 11.6 Å². The van der Waals surface area contributed by atoms with Crippen LogP contribution in [0.2, 0.25) is 5.02 Å². The molecule has 0 fully saturated rings. The largest absolute Gasteiger partial charge is 0.495 e. The van der Waals surface area contributed by atoms with Gasteiger partial charge in [0.1, 0.15) is 10.6 Å². The maximum atomic E-state index is 12.2. The number of hydrogen-bond acceptors (Lipinski definition) is 5. The molecule has 0 aliphatic carbocycles. The van der Waals surface area contributed by atoms with Crippen LogP contribution in [0.3, 0.4) is 0 Å². The van der Waals surface area contributed by atoms with Gasteiger partial charge in [0.05, 0.1) is 12.1 Å². The Morgan fingerprint density at radius 3 is 2.90 bits per heavy atom. The van der Waals surface area contributed by atoms with Crippen molar-refractivity contribution in [2.45, 2.75) is 11.3 Å². The molecule has 1 aromatic heterocycles. The fourth-order valence-corrected chi connectivity index (χ4v) is 3.69. The molecule has 108 valence electrons. The average Bonchev–Trinajstić information content (AvgIpc) is 2.91. The molecule has 2 rings (SSSR count). The molecule has 2 aromatic rings. The van der Waals surface area contributed by atoms with Crippen LogP contribution in [-0.2, 0) is 16.4 Å². The summed E-state index contributed by atoms with van der Waals surface area (Å²) in [4.78, 5) is 4.13. The van der Waals surface area contributed by atoms with E-state index in [9.17, 15) is 8.42 Å². The maximum Gasteiger partial charge on any atom is 0.244 e. The molecule has 0 radical (unpaired) electrons. The number of ether oxygens (including phenoxy) is 1. The van der Waals surface area contributed by atoms with Crippen molar-refractivity contribution in [2.24, 2.45) is 0 Å². The quantitative estimate of drug-likeness (QED) is 0.881. The van der Waals surface area contributed by atoms with E-state index in [0.29, 0.717) is 11.4 Å². The smallest absolute Gasteiger partial charge is 0.244 e. The Bertz CT molecular complexity index is 672. The van der Waals surface area contributed by atoms with Crippen molar-refractivity contribution < 1.29 is 13.2 Å². The summed E-state index contributed by atoms with van der Waals surface area (Å²) in [6.45, 7) is 0.269. The van der Waals surface area contributed by atoms with Gasteiger partial charge in [0.25, 0.3) is 0 Å². The van der Waals surface area contributed by atoms with Gasteiger partial charge in [0.2, 0.25) is 10.0 Å². The van der Waals surface area contributed by atoms with E-state index in [-0.39, 0.29) is 17.2 Å². The van der Waals surface area contributed by atoms with E-state index in [1.54, 1.807) is 12.3 Å². The van der Waals surface area contributed by atoms with E-state index in [2.05, 4.69) is 9.71 Å². The Kier molecular flexibility index (Phi) is 4.98. The highest BCUT2D eigenvalue weighted by Crippen LogP contribution is 2.26. The van der Waals surface area contributed by atoms with Gasteiger partial charge in [-0.05, 0) is 18.2 Å². The van der Waals surface area contributed by atoms with Crippen LogP contribution in [0.4, 0.5) is 0 Å². The third-order valence-electron chi connectivity index (χ3n) is 2.53. The van der Waals surface area contributed by atoms with Gasteiger partial charge in [-0.2, -0.15) is 0 Å². The zero-order chi connectivity index (χ0) is 14.6. The molecular weight excluding hydrogens is 320 g/mol. The van der Waals surface area contributed by atoms with Gasteiger partial charge in [0.15, 0.2) is 0 Å². The highest BCUT2D eigenvalue weighted by atomic mass is 35.5. The number of halogens is 1. The molecule has 0 amide bonds. The molecule has 1 heterocycles. The molecule has 0 aliphatic heterocycles. The number of aromatic nitrogens is 1. The molecule has 0 saturated carbocycles. The number of thiazole rings is 1. The Morgan fingerprint density at radius 2 is 2.25 bits per heavy atom. The number of sulfonamides is 1. The summed E-state index contributed by atoms with van der Waals surface area (Å²) in [5, 5.41) is 3.07. The van der Waals surface area contributed by atoms with E-state index in [1.807, 2.05) is 5.38 Å². The molecule has 8 heteroatoms.